The van der Waals surface area contributed by atoms with E-state index in [9.17, 15) is 14.7 Å². The van der Waals surface area contributed by atoms with Gasteiger partial charge in [0, 0.05) is 0 Å². The fraction of sp³-hybridized carbons (Fsp3) is 0.125. The van der Waals surface area contributed by atoms with Crippen LogP contribution in [0.25, 0.3) is 0 Å². The number of carboxylic acids is 2. The van der Waals surface area contributed by atoms with Crippen LogP contribution >= 0.6 is 0 Å². The molecule has 0 bridgehead atoms. The fourth-order valence-corrected chi connectivity index (χ4v) is 1.93. The van der Waals surface area contributed by atoms with Crippen molar-refractivity contribution in [2.24, 2.45) is 0 Å². The van der Waals surface area contributed by atoms with Crippen LogP contribution in [0.3, 0.4) is 0 Å². The zero-order valence-corrected chi connectivity index (χ0v) is 11.8. The number of ether oxygens (including phenoxy) is 2. The number of aromatic carboxylic acids is 2. The van der Waals surface area contributed by atoms with Gasteiger partial charge in [-0.15, -0.1) is 0 Å². The largest absolute Gasteiger partial charge is 0.497 e. The van der Waals surface area contributed by atoms with E-state index in [1.807, 2.05) is 0 Å². The molecule has 6 heteroatoms. The van der Waals surface area contributed by atoms with Crippen molar-refractivity contribution in [1.29, 1.82) is 0 Å². The predicted octanol–water partition coefficient (Wildman–Crippen LogP) is 2.67. The maximum Gasteiger partial charge on any atom is 0.340 e. The lowest BCUT2D eigenvalue weighted by molar-refractivity contribution is 0.0647. The van der Waals surface area contributed by atoms with Gasteiger partial charge in [-0.2, -0.15) is 0 Å². The molecule has 22 heavy (non-hydrogen) atoms. The summed E-state index contributed by atoms with van der Waals surface area (Å²) in [6.07, 6.45) is 0. The van der Waals surface area contributed by atoms with E-state index in [0.717, 1.165) is 5.56 Å². The summed E-state index contributed by atoms with van der Waals surface area (Å²) in [6.45, 7) is 0.118. The third-order valence-electron chi connectivity index (χ3n) is 3.02. The van der Waals surface area contributed by atoms with Crippen molar-refractivity contribution in [2.45, 2.75) is 6.61 Å². The normalized spacial score (nSPS) is 10.0. The average Bonchev–Trinajstić information content (AvgIpc) is 2.52. The van der Waals surface area contributed by atoms with E-state index in [4.69, 9.17) is 14.6 Å². The molecule has 2 rings (SSSR count). The number of carbonyl (C=O) groups is 2. The van der Waals surface area contributed by atoms with Crippen molar-refractivity contribution in [3.05, 3.63) is 59.2 Å². The maximum absolute atomic E-state index is 11.3. The lowest BCUT2D eigenvalue weighted by Crippen LogP contribution is -2.10. The Labute approximate surface area is 126 Å². The van der Waals surface area contributed by atoms with Gasteiger partial charge in [-0.05, 0) is 29.8 Å². The Hall–Kier alpha value is -3.02. The fourth-order valence-electron chi connectivity index (χ4n) is 1.93. The first-order valence-electron chi connectivity index (χ1n) is 6.38. The van der Waals surface area contributed by atoms with Crippen LogP contribution in [0, 0.1) is 0 Å². The van der Waals surface area contributed by atoms with Crippen LogP contribution in [0.2, 0.25) is 0 Å². The number of carboxylic acid groups (broad SMARTS) is 2. The van der Waals surface area contributed by atoms with Crippen LogP contribution in [-0.2, 0) is 6.61 Å². The second-order valence-electron chi connectivity index (χ2n) is 4.43. The predicted molar refractivity (Wildman–Crippen MR) is 77.7 cm³/mol. The molecule has 0 aliphatic carbocycles. The molecule has 2 aromatic rings. The first-order chi connectivity index (χ1) is 10.5. The smallest absolute Gasteiger partial charge is 0.340 e. The van der Waals surface area contributed by atoms with Gasteiger partial charge in [0.15, 0.2) is 0 Å². The van der Waals surface area contributed by atoms with Gasteiger partial charge in [0.1, 0.15) is 23.7 Å². The highest BCUT2D eigenvalue weighted by Crippen LogP contribution is 2.24. The summed E-state index contributed by atoms with van der Waals surface area (Å²) in [5, 5.41) is 18.3. The van der Waals surface area contributed by atoms with Crippen molar-refractivity contribution in [1.82, 2.24) is 0 Å². The topological polar surface area (TPSA) is 93.1 Å². The Balaban J connectivity index is 2.23. The second kappa shape index (κ2) is 6.62. The summed E-state index contributed by atoms with van der Waals surface area (Å²) in [5.41, 5.74) is 0.140. The van der Waals surface area contributed by atoms with E-state index in [1.54, 1.807) is 31.4 Å². The maximum atomic E-state index is 11.3. The van der Waals surface area contributed by atoms with Gasteiger partial charge in [-0.3, -0.25) is 0 Å². The molecule has 6 nitrogen and oxygen atoms in total. The van der Waals surface area contributed by atoms with Crippen LogP contribution in [-0.4, -0.2) is 29.3 Å². The van der Waals surface area contributed by atoms with Gasteiger partial charge in [0.25, 0.3) is 0 Å². The van der Waals surface area contributed by atoms with E-state index >= 15 is 0 Å². The van der Waals surface area contributed by atoms with Gasteiger partial charge in [0.05, 0.1) is 12.7 Å². The van der Waals surface area contributed by atoms with Crippen molar-refractivity contribution < 1.29 is 29.3 Å². The minimum absolute atomic E-state index is 0.0169. The molecule has 0 atom stereocenters. The zero-order chi connectivity index (χ0) is 16.1. The summed E-state index contributed by atoms with van der Waals surface area (Å²) < 4.78 is 10.5. The molecule has 0 radical (unpaired) electrons. The Bertz CT molecular complexity index is 690. The first kappa shape index (κ1) is 15.4. The first-order valence-corrected chi connectivity index (χ1v) is 6.38. The SMILES string of the molecule is COc1ccc(COc2cccc(C(=O)O)c2C(=O)O)cc1. The van der Waals surface area contributed by atoms with Crippen molar-refractivity contribution in [2.75, 3.05) is 7.11 Å². The number of hydrogen-bond donors (Lipinski definition) is 2. The zero-order valence-electron chi connectivity index (χ0n) is 11.8. The Morgan fingerprint density at radius 1 is 1.00 bits per heavy atom. The van der Waals surface area contributed by atoms with Crippen molar-refractivity contribution >= 4 is 11.9 Å². The molecule has 0 unspecified atom stereocenters. The highest BCUT2D eigenvalue weighted by molar-refractivity contribution is 6.03. The highest BCUT2D eigenvalue weighted by atomic mass is 16.5. The van der Waals surface area contributed by atoms with E-state index < -0.39 is 11.9 Å². The molecule has 114 valence electrons. The van der Waals surface area contributed by atoms with Crippen LogP contribution in [0.15, 0.2) is 42.5 Å². The van der Waals surface area contributed by atoms with Gasteiger partial charge < -0.3 is 19.7 Å². The standard InChI is InChI=1S/C16H14O6/c1-21-11-7-5-10(6-8-11)9-22-13-4-2-3-12(15(17)18)14(13)16(19)20/h2-8H,9H2,1H3,(H,17,18)(H,19,20). The lowest BCUT2D eigenvalue weighted by Gasteiger charge is -2.11. The molecular weight excluding hydrogens is 288 g/mol. The molecule has 0 saturated carbocycles. The molecule has 0 aliphatic heterocycles. The van der Waals surface area contributed by atoms with E-state index in [0.29, 0.717) is 5.75 Å². The lowest BCUT2D eigenvalue weighted by atomic mass is 10.1. The summed E-state index contributed by atoms with van der Waals surface area (Å²) in [6, 6.07) is 11.2. The van der Waals surface area contributed by atoms with Gasteiger partial charge >= 0.3 is 11.9 Å². The third-order valence-corrected chi connectivity index (χ3v) is 3.02. The molecule has 0 spiro atoms. The molecule has 0 fully saturated rings. The average molecular weight is 302 g/mol. The molecule has 0 aromatic heterocycles. The number of benzene rings is 2. The van der Waals surface area contributed by atoms with E-state index in [-0.39, 0.29) is 23.5 Å². The Morgan fingerprint density at radius 2 is 1.68 bits per heavy atom. The van der Waals surface area contributed by atoms with Crippen molar-refractivity contribution in [3.8, 4) is 11.5 Å². The number of methoxy groups -OCH3 is 1. The molecule has 2 aromatic carbocycles. The molecule has 0 aliphatic rings. The number of rotatable bonds is 6. The summed E-state index contributed by atoms with van der Waals surface area (Å²) in [7, 11) is 1.56. The highest BCUT2D eigenvalue weighted by Gasteiger charge is 2.21. The second-order valence-corrected chi connectivity index (χ2v) is 4.43. The third kappa shape index (κ3) is 3.35. The van der Waals surface area contributed by atoms with Crippen molar-refractivity contribution in [3.63, 3.8) is 0 Å². The van der Waals surface area contributed by atoms with E-state index in [2.05, 4.69) is 0 Å². The summed E-state index contributed by atoms with van der Waals surface area (Å²) in [5.74, 6) is -1.94. The number of hydrogen-bond acceptors (Lipinski definition) is 4. The Kier molecular flexibility index (Phi) is 4.63. The van der Waals surface area contributed by atoms with Gasteiger partial charge in [-0.1, -0.05) is 18.2 Å². The minimum Gasteiger partial charge on any atom is -0.497 e. The van der Waals surface area contributed by atoms with Crippen LogP contribution in [0.4, 0.5) is 0 Å². The minimum atomic E-state index is -1.34. The van der Waals surface area contributed by atoms with Crippen LogP contribution in [0.5, 0.6) is 11.5 Å². The summed E-state index contributed by atoms with van der Waals surface area (Å²) >= 11 is 0. The Morgan fingerprint density at radius 3 is 2.23 bits per heavy atom. The molecule has 0 heterocycles. The molecule has 2 N–H and O–H groups in total. The van der Waals surface area contributed by atoms with E-state index in [1.165, 1.54) is 18.2 Å². The van der Waals surface area contributed by atoms with Crippen LogP contribution < -0.4 is 9.47 Å². The molecular formula is C16H14O6. The summed E-state index contributed by atoms with van der Waals surface area (Å²) in [4.78, 5) is 22.4. The van der Waals surface area contributed by atoms with Gasteiger partial charge in [0.2, 0.25) is 0 Å². The van der Waals surface area contributed by atoms with Crippen LogP contribution in [0.1, 0.15) is 26.3 Å². The quantitative estimate of drug-likeness (QED) is 0.852. The molecule has 0 amide bonds. The monoisotopic (exact) mass is 302 g/mol. The molecule has 0 saturated heterocycles. The van der Waals surface area contributed by atoms with Gasteiger partial charge in [-0.25, -0.2) is 9.59 Å².